The molecular formula is C19H19ClN6O2. The minimum absolute atomic E-state index is 0.194. The van der Waals surface area contributed by atoms with E-state index in [2.05, 4.69) is 25.5 Å². The van der Waals surface area contributed by atoms with E-state index in [9.17, 15) is 9.90 Å². The normalized spacial score (nSPS) is 13.0. The monoisotopic (exact) mass is 398 g/mol. The molecule has 1 amide bonds. The molecule has 0 spiro atoms. The standard InChI is InChI=1S/C19H19ClN6O2/c1-11(22-19(28)18-9-17(12(2)27)23-24-18)10-26-7-6-15(25-26)13-4-5-16(21-3)14(20)8-13/h4-9,11-12,27H,10H2,1-2H3,(H,22,28)(H,23,24)/t11-,12?/m0/s1. The van der Waals surface area contributed by atoms with Gasteiger partial charge in [-0.3, -0.25) is 14.6 Å². The summed E-state index contributed by atoms with van der Waals surface area (Å²) in [4.78, 5) is 15.6. The zero-order valence-corrected chi connectivity index (χ0v) is 16.1. The number of aliphatic hydroxyl groups excluding tert-OH is 1. The van der Waals surface area contributed by atoms with Gasteiger partial charge in [-0.25, -0.2) is 4.85 Å². The van der Waals surface area contributed by atoms with Crippen LogP contribution in [0.2, 0.25) is 5.02 Å². The summed E-state index contributed by atoms with van der Waals surface area (Å²) in [6, 6.07) is 8.35. The zero-order valence-electron chi connectivity index (χ0n) is 15.3. The van der Waals surface area contributed by atoms with E-state index in [-0.39, 0.29) is 17.6 Å². The Morgan fingerprint density at radius 2 is 2.18 bits per heavy atom. The van der Waals surface area contributed by atoms with Crippen LogP contribution in [0.5, 0.6) is 0 Å². The third-order valence-electron chi connectivity index (χ3n) is 4.12. The highest BCUT2D eigenvalue weighted by Crippen LogP contribution is 2.29. The summed E-state index contributed by atoms with van der Waals surface area (Å²) in [5, 5.41) is 23.8. The molecule has 3 N–H and O–H groups in total. The van der Waals surface area contributed by atoms with Crippen molar-refractivity contribution in [2.24, 2.45) is 0 Å². The van der Waals surface area contributed by atoms with Crippen LogP contribution in [-0.2, 0) is 6.54 Å². The highest BCUT2D eigenvalue weighted by atomic mass is 35.5. The topological polar surface area (TPSA) is 100 Å². The van der Waals surface area contributed by atoms with Crippen LogP contribution in [0, 0.1) is 6.57 Å². The molecule has 2 heterocycles. The molecular weight excluding hydrogens is 380 g/mol. The summed E-state index contributed by atoms with van der Waals surface area (Å²) in [5.41, 5.74) is 2.65. The minimum Gasteiger partial charge on any atom is -0.387 e. The SMILES string of the molecule is [C-]#[N+]c1ccc(-c2ccn(C[C@H](C)NC(=O)c3cc(C(C)O)[nH]n3)n2)cc1Cl. The number of nitrogens with one attached hydrogen (secondary N) is 2. The maximum atomic E-state index is 12.3. The number of carbonyl (C=O) groups is 1. The molecule has 0 fully saturated rings. The number of nitrogens with zero attached hydrogens (tertiary/aromatic N) is 4. The summed E-state index contributed by atoms with van der Waals surface area (Å²) in [6.45, 7) is 11.0. The van der Waals surface area contributed by atoms with Crippen LogP contribution < -0.4 is 5.32 Å². The maximum Gasteiger partial charge on any atom is 0.272 e. The smallest absolute Gasteiger partial charge is 0.272 e. The van der Waals surface area contributed by atoms with Crippen molar-refractivity contribution in [3.05, 3.63) is 64.4 Å². The van der Waals surface area contributed by atoms with Crippen molar-refractivity contribution < 1.29 is 9.90 Å². The summed E-state index contributed by atoms with van der Waals surface area (Å²) < 4.78 is 1.72. The molecule has 2 aromatic heterocycles. The van der Waals surface area contributed by atoms with E-state index in [4.69, 9.17) is 18.2 Å². The van der Waals surface area contributed by atoms with Crippen molar-refractivity contribution in [2.75, 3.05) is 0 Å². The van der Waals surface area contributed by atoms with E-state index in [0.29, 0.717) is 22.9 Å². The number of aromatic amines is 1. The summed E-state index contributed by atoms with van der Waals surface area (Å²) in [7, 11) is 0. The average Bonchev–Trinajstić information content (AvgIpc) is 3.31. The second-order valence-electron chi connectivity index (χ2n) is 6.46. The van der Waals surface area contributed by atoms with Crippen molar-refractivity contribution in [1.29, 1.82) is 0 Å². The third-order valence-corrected chi connectivity index (χ3v) is 4.43. The number of hydrogen-bond donors (Lipinski definition) is 3. The fourth-order valence-electron chi connectivity index (χ4n) is 2.67. The molecule has 0 bridgehead atoms. The van der Waals surface area contributed by atoms with Gasteiger partial charge in [0.1, 0.15) is 5.69 Å². The quantitative estimate of drug-likeness (QED) is 0.554. The Morgan fingerprint density at radius 3 is 2.82 bits per heavy atom. The van der Waals surface area contributed by atoms with Gasteiger partial charge < -0.3 is 10.4 Å². The van der Waals surface area contributed by atoms with Gasteiger partial charge in [-0.15, -0.1) is 0 Å². The Morgan fingerprint density at radius 1 is 1.39 bits per heavy atom. The first-order valence-electron chi connectivity index (χ1n) is 8.62. The van der Waals surface area contributed by atoms with Gasteiger partial charge in [0.15, 0.2) is 0 Å². The zero-order chi connectivity index (χ0) is 20.3. The molecule has 28 heavy (non-hydrogen) atoms. The lowest BCUT2D eigenvalue weighted by molar-refractivity contribution is 0.0931. The number of aromatic nitrogens is 4. The number of rotatable bonds is 6. The molecule has 1 aromatic carbocycles. The number of aliphatic hydroxyl groups is 1. The Hall–Kier alpha value is -3.15. The van der Waals surface area contributed by atoms with Crippen molar-refractivity contribution in [3.63, 3.8) is 0 Å². The molecule has 0 aliphatic carbocycles. The first-order valence-corrected chi connectivity index (χ1v) is 9.00. The van der Waals surface area contributed by atoms with Gasteiger partial charge in [0.25, 0.3) is 5.91 Å². The summed E-state index contributed by atoms with van der Waals surface area (Å²) in [6.07, 6.45) is 1.10. The minimum atomic E-state index is -0.716. The van der Waals surface area contributed by atoms with Crippen LogP contribution >= 0.6 is 11.6 Å². The van der Waals surface area contributed by atoms with E-state index in [1.165, 1.54) is 6.07 Å². The number of H-pyrrole nitrogens is 1. The second-order valence-corrected chi connectivity index (χ2v) is 6.87. The number of amides is 1. The molecule has 0 aliphatic heterocycles. The Labute approximate surface area is 167 Å². The highest BCUT2D eigenvalue weighted by molar-refractivity contribution is 6.33. The average molecular weight is 399 g/mol. The van der Waals surface area contributed by atoms with Crippen molar-refractivity contribution >= 4 is 23.2 Å². The van der Waals surface area contributed by atoms with Gasteiger partial charge in [-0.2, -0.15) is 10.2 Å². The van der Waals surface area contributed by atoms with Crippen LogP contribution in [0.3, 0.4) is 0 Å². The van der Waals surface area contributed by atoms with Gasteiger partial charge in [-0.05, 0) is 32.0 Å². The molecule has 9 heteroatoms. The second kappa shape index (κ2) is 8.25. The number of carbonyl (C=O) groups excluding carboxylic acids is 1. The molecule has 0 aliphatic rings. The number of benzene rings is 1. The fourth-order valence-corrected chi connectivity index (χ4v) is 2.89. The predicted octanol–water partition coefficient (Wildman–Crippen LogP) is 3.35. The molecule has 3 rings (SSSR count). The van der Waals surface area contributed by atoms with Gasteiger partial charge in [0.05, 0.1) is 30.6 Å². The summed E-state index contributed by atoms with van der Waals surface area (Å²) >= 11 is 6.09. The lowest BCUT2D eigenvalue weighted by Crippen LogP contribution is -2.36. The van der Waals surface area contributed by atoms with Gasteiger partial charge in [-0.1, -0.05) is 23.7 Å². The molecule has 2 atom stereocenters. The van der Waals surface area contributed by atoms with E-state index in [0.717, 1.165) is 11.3 Å². The van der Waals surface area contributed by atoms with Crippen LogP contribution in [0.15, 0.2) is 36.5 Å². The van der Waals surface area contributed by atoms with Crippen LogP contribution in [-0.4, -0.2) is 37.0 Å². The Kier molecular flexibility index (Phi) is 5.78. The first-order chi connectivity index (χ1) is 13.4. The van der Waals surface area contributed by atoms with E-state index in [1.807, 2.05) is 19.2 Å². The van der Waals surface area contributed by atoms with Gasteiger partial charge >= 0.3 is 0 Å². The first kappa shape index (κ1) is 19.6. The fraction of sp³-hybridized carbons (Fsp3) is 0.263. The molecule has 3 aromatic rings. The largest absolute Gasteiger partial charge is 0.387 e. The number of hydrogen-bond acceptors (Lipinski definition) is 4. The highest BCUT2D eigenvalue weighted by Gasteiger charge is 2.16. The number of halogens is 1. The van der Waals surface area contributed by atoms with Gasteiger partial charge in [0, 0.05) is 22.8 Å². The summed E-state index contributed by atoms with van der Waals surface area (Å²) in [5.74, 6) is -0.329. The predicted molar refractivity (Wildman–Crippen MR) is 105 cm³/mol. The maximum absolute atomic E-state index is 12.3. The van der Waals surface area contributed by atoms with Crippen LogP contribution in [0.25, 0.3) is 16.1 Å². The van der Waals surface area contributed by atoms with E-state index < -0.39 is 6.10 Å². The van der Waals surface area contributed by atoms with Crippen molar-refractivity contribution in [2.45, 2.75) is 32.5 Å². The molecule has 8 nitrogen and oxygen atoms in total. The lowest BCUT2D eigenvalue weighted by Gasteiger charge is -2.13. The van der Waals surface area contributed by atoms with Crippen molar-refractivity contribution in [1.82, 2.24) is 25.3 Å². The van der Waals surface area contributed by atoms with E-state index >= 15 is 0 Å². The van der Waals surface area contributed by atoms with Crippen LogP contribution in [0.1, 0.15) is 36.1 Å². The third kappa shape index (κ3) is 4.39. The van der Waals surface area contributed by atoms with E-state index in [1.54, 1.807) is 29.8 Å². The lowest BCUT2D eigenvalue weighted by atomic mass is 10.1. The molecule has 0 saturated heterocycles. The molecule has 0 radical (unpaired) electrons. The van der Waals surface area contributed by atoms with Crippen LogP contribution in [0.4, 0.5) is 5.69 Å². The molecule has 1 unspecified atom stereocenters. The van der Waals surface area contributed by atoms with Crippen molar-refractivity contribution in [3.8, 4) is 11.3 Å². The van der Waals surface area contributed by atoms with Gasteiger partial charge in [0.2, 0.25) is 5.69 Å². The molecule has 144 valence electrons. The molecule has 0 saturated carbocycles. The Bertz CT molecular complexity index is 1030. The Balaban J connectivity index is 1.63.